The lowest BCUT2D eigenvalue weighted by atomic mass is 9.94. The Hall–Kier alpha value is -3.37. The maximum atomic E-state index is 10.1. The number of nitrogens with zero attached hydrogens (tertiary/aromatic N) is 1. The van der Waals surface area contributed by atoms with Gasteiger partial charge in [-0.15, -0.1) is 0 Å². The fourth-order valence-electron chi connectivity index (χ4n) is 3.75. The third kappa shape index (κ3) is 3.80. The summed E-state index contributed by atoms with van der Waals surface area (Å²) in [4.78, 5) is 0. The van der Waals surface area contributed by atoms with Crippen molar-refractivity contribution in [2.45, 2.75) is 27.4 Å². The van der Waals surface area contributed by atoms with E-state index in [9.17, 15) is 5.11 Å². The standard InChI is InChI=1S/C25H23NO3/c1-16-12-17(2)23(18(3)13-16)25-22(15-27)24(26-29-25)19-8-7-11-21(14-19)28-20-9-5-4-6-10-20/h4-14,27H,15H2,1-3H3. The van der Waals surface area contributed by atoms with Crippen molar-refractivity contribution in [3.8, 4) is 34.1 Å². The minimum absolute atomic E-state index is 0.162. The molecule has 0 saturated heterocycles. The van der Waals surface area contributed by atoms with Gasteiger partial charge in [0.15, 0.2) is 5.76 Å². The van der Waals surface area contributed by atoms with Crippen LogP contribution < -0.4 is 4.74 Å². The van der Waals surface area contributed by atoms with Gasteiger partial charge in [-0.05, 0) is 56.2 Å². The van der Waals surface area contributed by atoms with Gasteiger partial charge in [0.1, 0.15) is 17.2 Å². The molecule has 0 amide bonds. The van der Waals surface area contributed by atoms with Crippen molar-refractivity contribution in [3.05, 3.63) is 89.0 Å². The molecule has 4 aromatic rings. The van der Waals surface area contributed by atoms with Crippen LogP contribution in [0.5, 0.6) is 11.5 Å². The molecule has 0 atom stereocenters. The number of aliphatic hydroxyl groups is 1. The first-order valence-corrected chi connectivity index (χ1v) is 9.58. The van der Waals surface area contributed by atoms with Crippen LogP contribution in [0.15, 0.2) is 71.3 Å². The van der Waals surface area contributed by atoms with Crippen LogP contribution in [-0.2, 0) is 6.61 Å². The minimum Gasteiger partial charge on any atom is -0.457 e. The summed E-state index contributed by atoms with van der Waals surface area (Å²) < 4.78 is 11.7. The number of hydrogen-bond acceptors (Lipinski definition) is 4. The number of para-hydroxylation sites is 1. The lowest BCUT2D eigenvalue weighted by molar-refractivity contribution is 0.281. The lowest BCUT2D eigenvalue weighted by Crippen LogP contribution is -1.94. The van der Waals surface area contributed by atoms with Crippen LogP contribution in [0, 0.1) is 20.8 Å². The second kappa shape index (κ2) is 7.94. The molecule has 0 aliphatic carbocycles. The van der Waals surface area contributed by atoms with Gasteiger partial charge >= 0.3 is 0 Å². The highest BCUT2D eigenvalue weighted by molar-refractivity contribution is 5.76. The second-order valence-corrected chi connectivity index (χ2v) is 7.21. The average Bonchev–Trinajstić information content (AvgIpc) is 3.12. The van der Waals surface area contributed by atoms with Gasteiger partial charge < -0.3 is 14.4 Å². The lowest BCUT2D eigenvalue weighted by Gasteiger charge is -2.10. The van der Waals surface area contributed by atoms with Crippen molar-refractivity contribution in [1.29, 1.82) is 0 Å². The first kappa shape index (κ1) is 19.0. The van der Waals surface area contributed by atoms with Crippen LogP contribution in [0.2, 0.25) is 0 Å². The third-order valence-electron chi connectivity index (χ3n) is 4.94. The van der Waals surface area contributed by atoms with Gasteiger partial charge in [0, 0.05) is 11.1 Å². The molecule has 0 saturated carbocycles. The Labute approximate surface area is 170 Å². The summed E-state index contributed by atoms with van der Waals surface area (Å²) >= 11 is 0. The van der Waals surface area contributed by atoms with Crippen LogP contribution in [0.25, 0.3) is 22.6 Å². The summed E-state index contributed by atoms with van der Waals surface area (Å²) in [5.74, 6) is 2.08. The van der Waals surface area contributed by atoms with E-state index in [1.54, 1.807) is 0 Å². The van der Waals surface area contributed by atoms with Crippen molar-refractivity contribution in [1.82, 2.24) is 5.16 Å². The Morgan fingerprint density at radius 1 is 0.862 bits per heavy atom. The Balaban J connectivity index is 1.75. The molecule has 4 heteroatoms. The van der Waals surface area contributed by atoms with Crippen molar-refractivity contribution >= 4 is 0 Å². The Bertz CT molecular complexity index is 1120. The van der Waals surface area contributed by atoms with Crippen LogP contribution in [0.4, 0.5) is 0 Å². The molecule has 29 heavy (non-hydrogen) atoms. The van der Waals surface area contributed by atoms with Crippen LogP contribution in [0.1, 0.15) is 22.3 Å². The third-order valence-corrected chi connectivity index (χ3v) is 4.94. The highest BCUT2D eigenvalue weighted by atomic mass is 16.5. The highest BCUT2D eigenvalue weighted by Crippen LogP contribution is 2.37. The van der Waals surface area contributed by atoms with Gasteiger partial charge in [0.2, 0.25) is 0 Å². The molecule has 0 bridgehead atoms. The summed E-state index contributed by atoms with van der Waals surface area (Å²) in [6.07, 6.45) is 0. The quantitative estimate of drug-likeness (QED) is 0.443. The molecule has 1 aromatic heterocycles. The van der Waals surface area contributed by atoms with Crippen molar-refractivity contribution in [2.24, 2.45) is 0 Å². The molecule has 0 radical (unpaired) electrons. The average molecular weight is 385 g/mol. The monoisotopic (exact) mass is 385 g/mol. The Morgan fingerprint density at radius 2 is 1.55 bits per heavy atom. The molecular formula is C25H23NO3. The normalized spacial score (nSPS) is 10.9. The largest absolute Gasteiger partial charge is 0.457 e. The minimum atomic E-state index is -0.162. The Kier molecular flexibility index (Phi) is 5.19. The Morgan fingerprint density at radius 3 is 2.24 bits per heavy atom. The van der Waals surface area contributed by atoms with Gasteiger partial charge in [-0.25, -0.2) is 0 Å². The number of ether oxygens (including phenoxy) is 1. The van der Waals surface area contributed by atoms with Gasteiger partial charge in [0.25, 0.3) is 0 Å². The predicted octanol–water partition coefficient (Wildman–Crippen LogP) is 6.22. The number of aryl methyl sites for hydroxylation is 3. The molecule has 0 spiro atoms. The summed E-state index contributed by atoms with van der Waals surface area (Å²) in [6.45, 7) is 6.01. The summed E-state index contributed by atoms with van der Waals surface area (Å²) in [5.41, 5.74) is 6.51. The summed E-state index contributed by atoms with van der Waals surface area (Å²) in [6, 6.07) is 21.5. The zero-order chi connectivity index (χ0) is 20.4. The SMILES string of the molecule is Cc1cc(C)c(-c2onc(-c3cccc(Oc4ccccc4)c3)c2CO)c(C)c1. The zero-order valence-electron chi connectivity index (χ0n) is 16.8. The smallest absolute Gasteiger partial charge is 0.173 e. The van der Waals surface area contributed by atoms with E-state index in [0.717, 1.165) is 28.0 Å². The first-order chi connectivity index (χ1) is 14.1. The number of hydrogen-bond donors (Lipinski definition) is 1. The zero-order valence-corrected chi connectivity index (χ0v) is 16.8. The van der Waals surface area contributed by atoms with Crippen LogP contribution >= 0.6 is 0 Å². The van der Waals surface area contributed by atoms with Crippen molar-refractivity contribution in [3.63, 3.8) is 0 Å². The molecular weight excluding hydrogens is 362 g/mol. The molecule has 3 aromatic carbocycles. The van der Waals surface area contributed by atoms with Gasteiger partial charge in [-0.3, -0.25) is 0 Å². The first-order valence-electron chi connectivity index (χ1n) is 9.58. The number of rotatable bonds is 5. The van der Waals surface area contributed by atoms with E-state index < -0.39 is 0 Å². The van der Waals surface area contributed by atoms with E-state index in [4.69, 9.17) is 9.26 Å². The molecule has 4 rings (SSSR count). The molecule has 0 fully saturated rings. The number of aliphatic hydroxyl groups excluding tert-OH is 1. The van der Waals surface area contributed by atoms with Crippen molar-refractivity contribution in [2.75, 3.05) is 0 Å². The van der Waals surface area contributed by atoms with E-state index in [-0.39, 0.29) is 6.61 Å². The fourth-order valence-corrected chi connectivity index (χ4v) is 3.75. The van der Waals surface area contributed by atoms with Gasteiger partial charge in [-0.2, -0.15) is 0 Å². The van der Waals surface area contributed by atoms with Crippen molar-refractivity contribution < 1.29 is 14.4 Å². The molecule has 1 N–H and O–H groups in total. The van der Waals surface area contributed by atoms with Crippen LogP contribution in [0.3, 0.4) is 0 Å². The molecule has 146 valence electrons. The maximum Gasteiger partial charge on any atom is 0.173 e. The molecule has 0 unspecified atom stereocenters. The topological polar surface area (TPSA) is 55.5 Å². The second-order valence-electron chi connectivity index (χ2n) is 7.21. The van der Waals surface area contributed by atoms with E-state index in [0.29, 0.717) is 22.8 Å². The van der Waals surface area contributed by atoms with E-state index >= 15 is 0 Å². The number of aromatic nitrogens is 1. The number of benzene rings is 3. The van der Waals surface area contributed by atoms with E-state index in [1.165, 1.54) is 5.56 Å². The highest BCUT2D eigenvalue weighted by Gasteiger charge is 2.21. The predicted molar refractivity (Wildman–Crippen MR) is 114 cm³/mol. The summed E-state index contributed by atoms with van der Waals surface area (Å²) in [7, 11) is 0. The fraction of sp³-hybridized carbons (Fsp3) is 0.160. The summed E-state index contributed by atoms with van der Waals surface area (Å²) in [5, 5.41) is 14.4. The molecule has 0 aliphatic rings. The van der Waals surface area contributed by atoms with E-state index in [1.807, 2.05) is 68.4 Å². The van der Waals surface area contributed by atoms with E-state index in [2.05, 4.69) is 24.2 Å². The molecule has 0 aliphatic heterocycles. The van der Waals surface area contributed by atoms with Gasteiger partial charge in [-0.1, -0.05) is 53.2 Å². The molecule has 4 nitrogen and oxygen atoms in total. The molecule has 1 heterocycles. The maximum absolute atomic E-state index is 10.1. The van der Waals surface area contributed by atoms with Gasteiger partial charge in [0.05, 0.1) is 12.2 Å². The van der Waals surface area contributed by atoms with Crippen LogP contribution in [-0.4, -0.2) is 10.3 Å².